The van der Waals surface area contributed by atoms with Gasteiger partial charge < -0.3 is 5.73 Å². The number of thiophene rings is 2. The van der Waals surface area contributed by atoms with Gasteiger partial charge in [-0.05, 0) is 41.6 Å². The lowest BCUT2D eigenvalue weighted by molar-refractivity contribution is 0.619. The van der Waals surface area contributed by atoms with Crippen molar-refractivity contribution < 1.29 is 4.39 Å². The van der Waals surface area contributed by atoms with E-state index in [1.54, 1.807) is 30.4 Å². The van der Waals surface area contributed by atoms with Gasteiger partial charge in [0.2, 0.25) is 0 Å². The Morgan fingerprint density at radius 1 is 1.29 bits per heavy atom. The Kier molecular flexibility index (Phi) is 3.50. The number of rotatable bonds is 2. The average molecular weight is 314 g/mol. The number of hydrogen-bond donors (Lipinski definition) is 1. The van der Waals surface area contributed by atoms with E-state index < -0.39 is 0 Å². The van der Waals surface area contributed by atoms with Crippen molar-refractivity contribution in [1.29, 1.82) is 5.26 Å². The average Bonchev–Trinajstić information content (AvgIpc) is 3.09. The van der Waals surface area contributed by atoms with Crippen molar-refractivity contribution in [3.63, 3.8) is 0 Å². The summed E-state index contributed by atoms with van der Waals surface area (Å²) in [7, 11) is 0. The van der Waals surface area contributed by atoms with Gasteiger partial charge in [-0.15, -0.1) is 22.7 Å². The molecule has 0 aliphatic heterocycles. The summed E-state index contributed by atoms with van der Waals surface area (Å²) in [6.45, 7) is 1.73. The molecule has 0 saturated carbocycles. The van der Waals surface area contributed by atoms with Crippen LogP contribution in [0, 0.1) is 24.1 Å². The van der Waals surface area contributed by atoms with E-state index in [0.29, 0.717) is 16.1 Å². The predicted octanol–water partition coefficient (Wildman–Crippen LogP) is 5.05. The van der Waals surface area contributed by atoms with E-state index >= 15 is 0 Å². The molecule has 104 valence electrons. The number of hydrogen-bond acceptors (Lipinski definition) is 4. The van der Waals surface area contributed by atoms with Gasteiger partial charge in [0.25, 0.3) is 0 Å². The van der Waals surface area contributed by atoms with Crippen LogP contribution in [-0.2, 0) is 0 Å². The second kappa shape index (κ2) is 5.32. The molecule has 3 aromatic rings. The first-order valence-electron chi connectivity index (χ1n) is 6.24. The van der Waals surface area contributed by atoms with Gasteiger partial charge in [-0.2, -0.15) is 5.26 Å². The molecule has 0 spiro atoms. The van der Waals surface area contributed by atoms with E-state index in [1.807, 2.05) is 17.5 Å². The minimum Gasteiger partial charge on any atom is -0.396 e. The van der Waals surface area contributed by atoms with Gasteiger partial charge in [0.1, 0.15) is 16.8 Å². The number of nitrogens with two attached hydrogens (primary N) is 1. The van der Waals surface area contributed by atoms with E-state index in [1.165, 1.54) is 17.4 Å². The van der Waals surface area contributed by atoms with Crippen LogP contribution in [0.25, 0.3) is 20.9 Å². The van der Waals surface area contributed by atoms with Crippen LogP contribution in [0.2, 0.25) is 0 Å². The fourth-order valence-corrected chi connectivity index (χ4v) is 4.07. The minimum atomic E-state index is -0.235. The lowest BCUT2D eigenvalue weighted by Crippen LogP contribution is -1.88. The molecule has 0 aliphatic rings. The van der Waals surface area contributed by atoms with Crippen LogP contribution in [0.5, 0.6) is 0 Å². The molecule has 2 aromatic heterocycles. The molecule has 1 aromatic carbocycles. The summed E-state index contributed by atoms with van der Waals surface area (Å²) in [5.74, 6) is -0.235. The molecule has 0 unspecified atom stereocenters. The van der Waals surface area contributed by atoms with Gasteiger partial charge in [0, 0.05) is 15.3 Å². The van der Waals surface area contributed by atoms with E-state index in [4.69, 9.17) is 5.73 Å². The number of anilines is 1. The monoisotopic (exact) mass is 314 g/mol. The molecule has 0 fully saturated rings. The molecule has 21 heavy (non-hydrogen) atoms. The summed E-state index contributed by atoms with van der Waals surface area (Å²) in [5.41, 5.74) is 8.97. The van der Waals surface area contributed by atoms with E-state index in [9.17, 15) is 9.65 Å². The third-order valence-electron chi connectivity index (χ3n) is 3.23. The number of nitriles is 1. The molecule has 0 amide bonds. The Bertz CT molecular complexity index is 842. The molecule has 2 nitrogen and oxygen atoms in total. The zero-order chi connectivity index (χ0) is 15.0. The van der Waals surface area contributed by atoms with Gasteiger partial charge in [0.05, 0.1) is 5.69 Å². The smallest absolute Gasteiger partial charge is 0.129 e. The van der Waals surface area contributed by atoms with E-state index in [2.05, 4.69) is 6.07 Å². The van der Waals surface area contributed by atoms with Crippen LogP contribution in [0.15, 0.2) is 35.7 Å². The zero-order valence-corrected chi connectivity index (χ0v) is 12.8. The van der Waals surface area contributed by atoms with Gasteiger partial charge in [-0.25, -0.2) is 4.39 Å². The molecule has 0 saturated heterocycles. The highest BCUT2D eigenvalue weighted by atomic mass is 32.1. The Morgan fingerprint density at radius 2 is 2.10 bits per heavy atom. The van der Waals surface area contributed by atoms with Gasteiger partial charge in [0.15, 0.2) is 0 Å². The summed E-state index contributed by atoms with van der Waals surface area (Å²) in [6, 6.07) is 11.0. The van der Waals surface area contributed by atoms with E-state index in [0.717, 1.165) is 20.9 Å². The maximum atomic E-state index is 13.5. The molecule has 2 N–H and O–H groups in total. The van der Waals surface area contributed by atoms with Crippen molar-refractivity contribution in [3.8, 4) is 27.0 Å². The fourth-order valence-electron chi connectivity index (χ4n) is 2.18. The van der Waals surface area contributed by atoms with E-state index in [-0.39, 0.29) is 5.82 Å². The Balaban J connectivity index is 2.27. The van der Waals surface area contributed by atoms with Crippen molar-refractivity contribution in [2.45, 2.75) is 6.92 Å². The first-order chi connectivity index (χ1) is 10.1. The molecule has 3 rings (SSSR count). The molecule has 0 radical (unpaired) electrons. The highest BCUT2D eigenvalue weighted by molar-refractivity contribution is 7.18. The summed E-state index contributed by atoms with van der Waals surface area (Å²) < 4.78 is 13.5. The maximum absolute atomic E-state index is 13.5. The number of nitrogen functional groups attached to an aromatic ring is 1. The normalized spacial score (nSPS) is 10.5. The molecular weight excluding hydrogens is 303 g/mol. The van der Waals surface area contributed by atoms with Crippen LogP contribution in [0.3, 0.4) is 0 Å². The number of benzene rings is 1. The third kappa shape index (κ3) is 2.33. The molecule has 0 atom stereocenters. The molecule has 0 aliphatic carbocycles. The number of halogens is 1. The van der Waals surface area contributed by atoms with Crippen LogP contribution >= 0.6 is 22.7 Å². The predicted molar refractivity (Wildman–Crippen MR) is 86.9 cm³/mol. The fraction of sp³-hybridized carbons (Fsp3) is 0.0625. The summed E-state index contributed by atoms with van der Waals surface area (Å²) in [4.78, 5) is 2.42. The van der Waals surface area contributed by atoms with Crippen LogP contribution in [-0.4, -0.2) is 0 Å². The number of nitrogens with zero attached hydrogens (tertiary/aromatic N) is 1. The summed E-state index contributed by atoms with van der Waals surface area (Å²) >= 11 is 2.92. The quantitative estimate of drug-likeness (QED) is 0.720. The van der Waals surface area contributed by atoms with Crippen LogP contribution in [0.4, 0.5) is 10.1 Å². The Morgan fingerprint density at radius 3 is 2.71 bits per heavy atom. The Hall–Kier alpha value is -2.16. The highest BCUT2D eigenvalue weighted by Gasteiger charge is 2.19. The molecule has 0 bridgehead atoms. The third-order valence-corrected chi connectivity index (χ3v) is 5.28. The SMILES string of the molecule is Cc1cc(-c2sc(C#N)c(N)c2-c2cccs2)ccc1F. The first-order valence-corrected chi connectivity index (χ1v) is 7.94. The van der Waals surface area contributed by atoms with Crippen LogP contribution in [0.1, 0.15) is 10.4 Å². The lowest BCUT2D eigenvalue weighted by Gasteiger charge is -2.05. The topological polar surface area (TPSA) is 49.8 Å². The minimum absolute atomic E-state index is 0.235. The molecular formula is C16H11FN2S2. The second-order valence-electron chi connectivity index (χ2n) is 4.60. The lowest BCUT2D eigenvalue weighted by atomic mass is 10.0. The van der Waals surface area contributed by atoms with Gasteiger partial charge in [-0.3, -0.25) is 0 Å². The van der Waals surface area contributed by atoms with Gasteiger partial charge in [-0.1, -0.05) is 12.1 Å². The number of aryl methyl sites for hydroxylation is 1. The standard InChI is InChI=1S/C16H11FN2S2/c1-9-7-10(4-5-11(9)17)16-14(12-3-2-6-20-12)15(19)13(8-18)21-16/h2-7H,19H2,1H3. The first kappa shape index (κ1) is 13.8. The van der Waals surface area contributed by atoms with Crippen molar-refractivity contribution >= 4 is 28.4 Å². The van der Waals surface area contributed by atoms with Gasteiger partial charge >= 0.3 is 0 Å². The van der Waals surface area contributed by atoms with Crippen molar-refractivity contribution in [1.82, 2.24) is 0 Å². The maximum Gasteiger partial charge on any atom is 0.129 e. The van der Waals surface area contributed by atoms with Crippen molar-refractivity contribution in [2.75, 3.05) is 5.73 Å². The highest BCUT2D eigenvalue weighted by Crippen LogP contribution is 2.46. The van der Waals surface area contributed by atoms with Crippen LogP contribution < -0.4 is 5.73 Å². The zero-order valence-electron chi connectivity index (χ0n) is 11.2. The summed E-state index contributed by atoms with van der Waals surface area (Å²) in [6.07, 6.45) is 0. The second-order valence-corrected chi connectivity index (χ2v) is 6.57. The van der Waals surface area contributed by atoms with Crippen molar-refractivity contribution in [2.24, 2.45) is 0 Å². The Labute approximate surface area is 129 Å². The largest absolute Gasteiger partial charge is 0.396 e. The molecule has 2 heterocycles. The summed E-state index contributed by atoms with van der Waals surface area (Å²) in [5, 5.41) is 11.2. The van der Waals surface area contributed by atoms with Crippen molar-refractivity contribution in [3.05, 3.63) is 52.0 Å². The molecule has 5 heteroatoms.